The van der Waals surface area contributed by atoms with E-state index in [1.54, 1.807) is 12.4 Å². The zero-order valence-electron chi connectivity index (χ0n) is 9.41. The molecule has 0 aliphatic rings. The zero-order valence-corrected chi connectivity index (χ0v) is 9.41. The average molecular weight is 232 g/mol. The second-order valence-corrected chi connectivity index (χ2v) is 4.13. The van der Waals surface area contributed by atoms with Crippen LogP contribution in [0.25, 0.3) is 32.8 Å². The van der Waals surface area contributed by atoms with E-state index in [4.69, 9.17) is 0 Å². The highest BCUT2D eigenvalue weighted by Crippen LogP contribution is 2.24. The summed E-state index contributed by atoms with van der Waals surface area (Å²) in [7, 11) is 0. The van der Waals surface area contributed by atoms with Crippen LogP contribution in [-0.4, -0.2) is 19.9 Å². The summed E-state index contributed by atoms with van der Waals surface area (Å²) in [6, 6.07) is 10.1. The van der Waals surface area contributed by atoms with Crippen LogP contribution in [-0.2, 0) is 0 Å². The van der Waals surface area contributed by atoms with Gasteiger partial charge in [-0.3, -0.25) is 4.98 Å². The molecule has 3 heterocycles. The molecule has 0 fully saturated rings. The molecule has 0 aliphatic heterocycles. The molecule has 18 heavy (non-hydrogen) atoms. The average Bonchev–Trinajstić information content (AvgIpc) is 2.45. The van der Waals surface area contributed by atoms with E-state index < -0.39 is 0 Å². The van der Waals surface area contributed by atoms with Crippen molar-refractivity contribution >= 4 is 32.8 Å². The second kappa shape index (κ2) is 3.43. The summed E-state index contributed by atoms with van der Waals surface area (Å²) in [6.45, 7) is 0. The fourth-order valence-electron chi connectivity index (χ4n) is 2.18. The van der Waals surface area contributed by atoms with E-state index in [9.17, 15) is 0 Å². The molecule has 1 aromatic carbocycles. The van der Waals surface area contributed by atoms with Gasteiger partial charge in [0, 0.05) is 17.0 Å². The van der Waals surface area contributed by atoms with Crippen molar-refractivity contribution in [3.8, 4) is 0 Å². The normalized spacial score (nSPS) is 11.3. The predicted octanol–water partition coefficient (Wildman–Crippen LogP) is 2.73. The van der Waals surface area contributed by atoms with Gasteiger partial charge < -0.3 is 0 Å². The van der Waals surface area contributed by atoms with E-state index in [0.29, 0.717) is 0 Å². The number of hydrogen-bond acceptors (Lipinski definition) is 4. The molecule has 84 valence electrons. The van der Waals surface area contributed by atoms with Crippen LogP contribution in [0, 0.1) is 0 Å². The van der Waals surface area contributed by atoms with Crippen molar-refractivity contribution in [3.63, 3.8) is 0 Å². The summed E-state index contributed by atoms with van der Waals surface area (Å²) in [4.78, 5) is 17.3. The van der Waals surface area contributed by atoms with Crippen molar-refractivity contribution in [2.45, 2.75) is 0 Å². The third-order valence-electron chi connectivity index (χ3n) is 3.03. The zero-order chi connectivity index (χ0) is 11.9. The summed E-state index contributed by atoms with van der Waals surface area (Å²) in [5.41, 5.74) is 3.46. The van der Waals surface area contributed by atoms with Gasteiger partial charge in [0.1, 0.15) is 11.8 Å². The summed E-state index contributed by atoms with van der Waals surface area (Å²) in [5, 5.41) is 2.14. The Balaban J connectivity index is 2.27. The molecule has 4 heteroatoms. The Morgan fingerprint density at radius 3 is 2.78 bits per heavy atom. The molecular formula is C14H8N4. The molecule has 4 nitrogen and oxygen atoms in total. The Morgan fingerprint density at radius 2 is 1.78 bits per heavy atom. The van der Waals surface area contributed by atoms with Crippen molar-refractivity contribution in [1.29, 1.82) is 0 Å². The van der Waals surface area contributed by atoms with E-state index in [0.717, 1.165) is 32.8 Å². The number of benzene rings is 1. The van der Waals surface area contributed by atoms with Gasteiger partial charge in [-0.25, -0.2) is 15.0 Å². The second-order valence-electron chi connectivity index (χ2n) is 4.13. The summed E-state index contributed by atoms with van der Waals surface area (Å²) >= 11 is 0. The molecule has 0 radical (unpaired) electrons. The number of hydrogen-bond donors (Lipinski definition) is 0. The van der Waals surface area contributed by atoms with Crippen molar-refractivity contribution in [2.24, 2.45) is 0 Å². The highest BCUT2D eigenvalue weighted by Gasteiger charge is 2.05. The summed E-state index contributed by atoms with van der Waals surface area (Å²) < 4.78 is 0. The van der Waals surface area contributed by atoms with E-state index in [1.807, 2.05) is 24.3 Å². The van der Waals surface area contributed by atoms with Crippen LogP contribution in [0.1, 0.15) is 0 Å². The van der Waals surface area contributed by atoms with Gasteiger partial charge >= 0.3 is 0 Å². The SMILES string of the molecule is c1cnc2c(c1)ccc1cc3ncncc3nc12. The van der Waals surface area contributed by atoms with Crippen molar-refractivity contribution in [3.05, 3.63) is 49.1 Å². The van der Waals surface area contributed by atoms with E-state index in [2.05, 4.69) is 26.0 Å². The van der Waals surface area contributed by atoms with Gasteiger partial charge in [-0.05, 0) is 12.1 Å². The standard InChI is InChI=1S/C14H8N4/c1-2-9-3-4-10-6-11-12(7-15-8-17-11)18-14(10)13(9)16-5-1/h1-8H. The number of rotatable bonds is 0. The molecule has 0 saturated carbocycles. The Bertz CT molecular complexity index is 880. The van der Waals surface area contributed by atoms with Crippen LogP contribution in [0.3, 0.4) is 0 Å². The number of fused-ring (bicyclic) bond motifs is 4. The molecule has 0 amide bonds. The molecule has 0 atom stereocenters. The maximum Gasteiger partial charge on any atom is 0.116 e. The van der Waals surface area contributed by atoms with Gasteiger partial charge in [-0.1, -0.05) is 18.2 Å². The topological polar surface area (TPSA) is 51.6 Å². The lowest BCUT2D eigenvalue weighted by atomic mass is 10.1. The Hall–Kier alpha value is -2.62. The maximum absolute atomic E-state index is 4.62. The Labute approximate surface area is 102 Å². The quantitative estimate of drug-likeness (QED) is 0.345. The van der Waals surface area contributed by atoms with Crippen molar-refractivity contribution in [1.82, 2.24) is 19.9 Å². The smallest absolute Gasteiger partial charge is 0.116 e. The lowest BCUT2D eigenvalue weighted by molar-refractivity contribution is 1.21. The third kappa shape index (κ3) is 1.26. The maximum atomic E-state index is 4.62. The molecule has 0 aliphatic carbocycles. The van der Waals surface area contributed by atoms with Gasteiger partial charge in [-0.2, -0.15) is 0 Å². The van der Waals surface area contributed by atoms with E-state index >= 15 is 0 Å². The van der Waals surface area contributed by atoms with Gasteiger partial charge in [0.2, 0.25) is 0 Å². The number of pyridine rings is 2. The molecule has 4 rings (SSSR count). The van der Waals surface area contributed by atoms with E-state index in [1.165, 1.54) is 6.33 Å². The van der Waals surface area contributed by atoms with Gasteiger partial charge in [-0.15, -0.1) is 0 Å². The number of nitrogens with zero attached hydrogens (tertiary/aromatic N) is 4. The van der Waals surface area contributed by atoms with Crippen LogP contribution in [0.5, 0.6) is 0 Å². The minimum atomic E-state index is 0.795. The molecule has 4 aromatic rings. The van der Waals surface area contributed by atoms with E-state index in [-0.39, 0.29) is 0 Å². The summed E-state index contributed by atoms with van der Waals surface area (Å²) in [5.74, 6) is 0. The van der Waals surface area contributed by atoms with Crippen LogP contribution in [0.2, 0.25) is 0 Å². The Kier molecular flexibility index (Phi) is 1.80. The molecule has 0 spiro atoms. The van der Waals surface area contributed by atoms with Crippen molar-refractivity contribution in [2.75, 3.05) is 0 Å². The van der Waals surface area contributed by atoms with Crippen LogP contribution < -0.4 is 0 Å². The molecule has 0 saturated heterocycles. The molecular weight excluding hydrogens is 224 g/mol. The first-order chi connectivity index (χ1) is 8.92. The predicted molar refractivity (Wildman–Crippen MR) is 70.1 cm³/mol. The summed E-state index contributed by atoms with van der Waals surface area (Å²) in [6.07, 6.45) is 5.05. The van der Waals surface area contributed by atoms with Crippen molar-refractivity contribution < 1.29 is 0 Å². The largest absolute Gasteiger partial charge is 0.254 e. The van der Waals surface area contributed by atoms with Crippen LogP contribution >= 0.6 is 0 Å². The van der Waals surface area contributed by atoms with Crippen LogP contribution in [0.4, 0.5) is 0 Å². The highest BCUT2D eigenvalue weighted by molar-refractivity contribution is 6.05. The first-order valence-electron chi connectivity index (χ1n) is 5.66. The molecule has 0 unspecified atom stereocenters. The van der Waals surface area contributed by atoms with Crippen LogP contribution in [0.15, 0.2) is 49.1 Å². The third-order valence-corrected chi connectivity index (χ3v) is 3.03. The fraction of sp³-hybridized carbons (Fsp3) is 0. The van der Waals surface area contributed by atoms with Gasteiger partial charge in [0.15, 0.2) is 0 Å². The Morgan fingerprint density at radius 1 is 0.833 bits per heavy atom. The molecule has 0 N–H and O–H groups in total. The molecule has 0 bridgehead atoms. The minimum absolute atomic E-state index is 0.795. The number of aromatic nitrogens is 4. The van der Waals surface area contributed by atoms with Gasteiger partial charge in [0.05, 0.1) is 22.7 Å². The van der Waals surface area contributed by atoms with Gasteiger partial charge in [0.25, 0.3) is 0 Å². The fourth-order valence-corrected chi connectivity index (χ4v) is 2.18. The first-order valence-corrected chi connectivity index (χ1v) is 5.66. The minimum Gasteiger partial charge on any atom is -0.254 e. The lowest BCUT2D eigenvalue weighted by Gasteiger charge is -2.03. The first kappa shape index (κ1) is 9.41. The monoisotopic (exact) mass is 232 g/mol. The highest BCUT2D eigenvalue weighted by atomic mass is 14.9. The molecule has 3 aromatic heterocycles. The lowest BCUT2D eigenvalue weighted by Crippen LogP contribution is -1.89.